The Kier molecular flexibility index (Phi) is 6.20. The first kappa shape index (κ1) is 20.9. The fourth-order valence-corrected chi connectivity index (χ4v) is 4.80. The van der Waals surface area contributed by atoms with Crippen LogP contribution in [-0.4, -0.2) is 31.7 Å². The molecule has 0 aliphatic carbocycles. The van der Waals surface area contributed by atoms with Crippen LogP contribution in [0.15, 0.2) is 94.0 Å². The molecule has 0 aromatic heterocycles. The second-order valence-electron chi connectivity index (χ2n) is 7.17. The fraction of sp³-hybridized carbons (Fsp3) is 0.174. The van der Waals surface area contributed by atoms with E-state index in [0.29, 0.717) is 30.0 Å². The van der Waals surface area contributed by atoms with Crippen LogP contribution in [0.1, 0.15) is 23.2 Å². The first-order valence-electron chi connectivity index (χ1n) is 10.0. The third-order valence-electron chi connectivity index (χ3n) is 4.98. The first-order valence-corrected chi connectivity index (χ1v) is 11.4. The van der Waals surface area contributed by atoms with E-state index in [9.17, 15) is 13.2 Å². The third-order valence-corrected chi connectivity index (χ3v) is 6.89. The molecular weight excluding hydrogens is 412 g/mol. The molecule has 8 heteroatoms. The van der Waals surface area contributed by atoms with Crippen LogP contribution in [0.25, 0.3) is 0 Å². The van der Waals surface area contributed by atoms with Crippen molar-refractivity contribution < 1.29 is 13.2 Å². The number of hydrogen-bond donors (Lipinski definition) is 1. The highest BCUT2D eigenvalue weighted by molar-refractivity contribution is 7.89. The van der Waals surface area contributed by atoms with Gasteiger partial charge in [-0.3, -0.25) is 4.79 Å². The van der Waals surface area contributed by atoms with E-state index in [1.807, 2.05) is 30.3 Å². The summed E-state index contributed by atoms with van der Waals surface area (Å²) < 4.78 is 26.7. The quantitative estimate of drug-likeness (QED) is 0.545. The smallest absolute Gasteiger partial charge is 0.255 e. The van der Waals surface area contributed by atoms with Crippen LogP contribution >= 0.6 is 0 Å². The maximum Gasteiger partial charge on any atom is 0.255 e. The number of carbonyl (C=O) groups is 1. The number of amides is 1. The number of carbonyl (C=O) groups excluding carboxylic acids is 1. The highest BCUT2D eigenvalue weighted by atomic mass is 32.2. The molecule has 4 rings (SSSR count). The molecule has 3 aromatic carbocycles. The summed E-state index contributed by atoms with van der Waals surface area (Å²) in [6.45, 7) is 1.09. The van der Waals surface area contributed by atoms with Crippen LogP contribution in [0.4, 0.5) is 17.1 Å². The summed E-state index contributed by atoms with van der Waals surface area (Å²) in [7, 11) is -3.49. The summed E-state index contributed by atoms with van der Waals surface area (Å²) in [5.41, 5.74) is 2.42. The van der Waals surface area contributed by atoms with Gasteiger partial charge in [0.15, 0.2) is 0 Å². The van der Waals surface area contributed by atoms with E-state index in [2.05, 4.69) is 15.5 Å². The number of azo groups is 1. The van der Waals surface area contributed by atoms with Crippen LogP contribution in [0, 0.1) is 0 Å². The van der Waals surface area contributed by atoms with Crippen LogP contribution in [0.2, 0.25) is 0 Å². The van der Waals surface area contributed by atoms with E-state index in [1.54, 1.807) is 24.3 Å². The molecule has 3 aromatic rings. The van der Waals surface area contributed by atoms with Crippen LogP contribution < -0.4 is 5.32 Å². The standard InChI is InChI=1S/C23H22N4O3S/c28-23(18-8-14-22(15-9-18)31(29,30)27-16-4-5-17-27)24-19-10-12-21(13-11-19)26-25-20-6-2-1-3-7-20/h1-3,6-15H,4-5,16-17H2,(H,24,28). The Morgan fingerprint density at radius 3 is 1.97 bits per heavy atom. The minimum absolute atomic E-state index is 0.207. The van der Waals surface area contributed by atoms with Crippen molar-refractivity contribution in [2.75, 3.05) is 18.4 Å². The lowest BCUT2D eigenvalue weighted by Crippen LogP contribution is -2.27. The maximum atomic E-state index is 12.6. The largest absolute Gasteiger partial charge is 0.322 e. The minimum Gasteiger partial charge on any atom is -0.322 e. The average molecular weight is 435 g/mol. The third kappa shape index (κ3) is 5.04. The predicted octanol–water partition coefficient (Wildman–Crippen LogP) is 5.14. The zero-order chi connectivity index (χ0) is 21.7. The van der Waals surface area contributed by atoms with Crippen molar-refractivity contribution in [3.05, 3.63) is 84.4 Å². The lowest BCUT2D eigenvalue weighted by Gasteiger charge is -2.15. The highest BCUT2D eigenvalue weighted by Gasteiger charge is 2.27. The highest BCUT2D eigenvalue weighted by Crippen LogP contribution is 2.22. The van der Waals surface area contributed by atoms with Crippen LogP contribution in [0.3, 0.4) is 0 Å². The second-order valence-corrected chi connectivity index (χ2v) is 9.11. The predicted molar refractivity (Wildman–Crippen MR) is 119 cm³/mol. The Morgan fingerprint density at radius 2 is 1.35 bits per heavy atom. The maximum absolute atomic E-state index is 12.6. The molecule has 31 heavy (non-hydrogen) atoms. The van der Waals surface area contributed by atoms with E-state index >= 15 is 0 Å². The van der Waals surface area contributed by atoms with Crippen molar-refractivity contribution in [3.63, 3.8) is 0 Å². The fourth-order valence-electron chi connectivity index (χ4n) is 3.28. The molecule has 1 heterocycles. The molecule has 0 radical (unpaired) electrons. The number of hydrogen-bond acceptors (Lipinski definition) is 5. The van der Waals surface area contributed by atoms with Gasteiger partial charge in [-0.1, -0.05) is 18.2 Å². The molecule has 0 atom stereocenters. The molecule has 0 unspecified atom stereocenters. The molecule has 0 saturated carbocycles. The Morgan fingerprint density at radius 1 is 0.774 bits per heavy atom. The van der Waals surface area contributed by atoms with Crippen molar-refractivity contribution in [2.24, 2.45) is 10.2 Å². The van der Waals surface area contributed by atoms with E-state index in [0.717, 1.165) is 18.5 Å². The van der Waals surface area contributed by atoms with Gasteiger partial charge in [0.05, 0.1) is 16.3 Å². The van der Waals surface area contributed by atoms with Crippen molar-refractivity contribution in [2.45, 2.75) is 17.7 Å². The zero-order valence-electron chi connectivity index (χ0n) is 16.8. The second kappa shape index (κ2) is 9.20. The molecule has 1 saturated heterocycles. The lowest BCUT2D eigenvalue weighted by atomic mass is 10.2. The molecule has 1 aliphatic heterocycles. The van der Waals surface area contributed by atoms with Crippen molar-refractivity contribution in [1.82, 2.24) is 4.31 Å². The number of anilines is 1. The first-order chi connectivity index (χ1) is 15.0. The van der Waals surface area contributed by atoms with Gasteiger partial charge in [0, 0.05) is 24.3 Å². The normalized spacial score (nSPS) is 14.7. The van der Waals surface area contributed by atoms with Gasteiger partial charge in [-0.25, -0.2) is 8.42 Å². The van der Waals surface area contributed by atoms with E-state index in [-0.39, 0.29) is 10.8 Å². The van der Waals surface area contributed by atoms with Crippen molar-refractivity contribution in [1.29, 1.82) is 0 Å². The molecule has 0 spiro atoms. The van der Waals surface area contributed by atoms with E-state index in [1.165, 1.54) is 28.6 Å². The summed E-state index contributed by atoms with van der Waals surface area (Å²) in [6.07, 6.45) is 1.76. The van der Waals surface area contributed by atoms with Crippen molar-refractivity contribution >= 4 is 33.0 Å². The Hall–Kier alpha value is -3.36. The molecule has 1 N–H and O–H groups in total. The topological polar surface area (TPSA) is 91.2 Å². The van der Waals surface area contributed by atoms with E-state index < -0.39 is 10.0 Å². The van der Waals surface area contributed by atoms with Gasteiger partial charge >= 0.3 is 0 Å². The van der Waals surface area contributed by atoms with Crippen LogP contribution in [0.5, 0.6) is 0 Å². The number of sulfonamides is 1. The monoisotopic (exact) mass is 434 g/mol. The Balaban J connectivity index is 1.39. The molecule has 1 amide bonds. The van der Waals surface area contributed by atoms with Gasteiger partial charge in [0.2, 0.25) is 10.0 Å². The van der Waals surface area contributed by atoms with Gasteiger partial charge in [0.1, 0.15) is 0 Å². The summed E-state index contributed by atoms with van der Waals surface area (Å²) in [6, 6.07) is 22.4. The lowest BCUT2D eigenvalue weighted by molar-refractivity contribution is 0.102. The molecule has 158 valence electrons. The molecule has 1 fully saturated rings. The number of nitrogens with one attached hydrogen (secondary N) is 1. The zero-order valence-corrected chi connectivity index (χ0v) is 17.6. The van der Waals surface area contributed by atoms with Crippen molar-refractivity contribution in [3.8, 4) is 0 Å². The summed E-state index contributed by atoms with van der Waals surface area (Å²) >= 11 is 0. The summed E-state index contributed by atoms with van der Waals surface area (Å²) in [5.74, 6) is -0.316. The SMILES string of the molecule is O=C(Nc1ccc(N=Nc2ccccc2)cc1)c1ccc(S(=O)(=O)N2CCCC2)cc1. The molecule has 1 aliphatic rings. The number of rotatable bonds is 6. The Labute approximate surface area is 181 Å². The van der Waals surface area contributed by atoms with E-state index in [4.69, 9.17) is 0 Å². The van der Waals surface area contributed by atoms with Gasteiger partial charge in [-0.15, -0.1) is 0 Å². The summed E-state index contributed by atoms with van der Waals surface area (Å²) in [4.78, 5) is 12.7. The van der Waals surface area contributed by atoms with Crippen LogP contribution in [-0.2, 0) is 10.0 Å². The molecule has 7 nitrogen and oxygen atoms in total. The number of nitrogens with zero attached hydrogens (tertiary/aromatic N) is 3. The van der Waals surface area contributed by atoms with Gasteiger partial charge in [-0.05, 0) is 73.5 Å². The molecule has 0 bridgehead atoms. The van der Waals surface area contributed by atoms with Gasteiger partial charge < -0.3 is 5.32 Å². The van der Waals surface area contributed by atoms with Gasteiger partial charge in [-0.2, -0.15) is 14.5 Å². The number of benzene rings is 3. The summed E-state index contributed by atoms with van der Waals surface area (Å²) in [5, 5.41) is 11.1. The molecular formula is C23H22N4O3S. The van der Waals surface area contributed by atoms with Gasteiger partial charge in [0.25, 0.3) is 5.91 Å². The average Bonchev–Trinajstić information content (AvgIpc) is 3.35. The minimum atomic E-state index is -3.49. The Bertz CT molecular complexity index is 1170.